The zero-order valence-electron chi connectivity index (χ0n) is 9.52. The van der Waals surface area contributed by atoms with E-state index >= 15 is 0 Å². The molecule has 2 heterocycles. The van der Waals surface area contributed by atoms with Gasteiger partial charge in [-0.3, -0.25) is 0 Å². The monoisotopic (exact) mass is 216 g/mol. The Kier molecular flexibility index (Phi) is 2.40. The van der Waals surface area contributed by atoms with Crippen LogP contribution in [0.15, 0.2) is 24.3 Å². The molecule has 1 aliphatic rings. The van der Waals surface area contributed by atoms with Gasteiger partial charge in [0, 0.05) is 19.1 Å². The molecule has 84 valence electrons. The number of nitrogens with zero attached hydrogens (tertiary/aromatic N) is 2. The van der Waals surface area contributed by atoms with Crippen LogP contribution in [-0.2, 0) is 11.3 Å². The summed E-state index contributed by atoms with van der Waals surface area (Å²) in [5.74, 6) is 1.75. The molecule has 0 bridgehead atoms. The molecule has 0 radical (unpaired) electrons. The summed E-state index contributed by atoms with van der Waals surface area (Å²) in [5, 5.41) is 0. The van der Waals surface area contributed by atoms with Crippen molar-refractivity contribution < 1.29 is 4.74 Å². The lowest BCUT2D eigenvalue weighted by molar-refractivity contribution is 0.182. The number of fused-ring (bicyclic) bond motifs is 1. The summed E-state index contributed by atoms with van der Waals surface area (Å²) < 4.78 is 7.74. The van der Waals surface area contributed by atoms with Gasteiger partial charge in [0.25, 0.3) is 0 Å². The third-order valence-electron chi connectivity index (χ3n) is 3.31. The molecule has 1 aromatic heterocycles. The van der Waals surface area contributed by atoms with Crippen molar-refractivity contribution in [3.63, 3.8) is 0 Å². The first-order valence-electron chi connectivity index (χ1n) is 5.84. The summed E-state index contributed by atoms with van der Waals surface area (Å²) in [6, 6.07) is 8.33. The molecule has 3 nitrogen and oxygen atoms in total. The van der Waals surface area contributed by atoms with Crippen molar-refractivity contribution in [2.75, 3.05) is 13.2 Å². The number of hydrogen-bond donors (Lipinski definition) is 0. The minimum absolute atomic E-state index is 0.649. The molecule has 0 saturated carbocycles. The van der Waals surface area contributed by atoms with Gasteiger partial charge in [0.05, 0.1) is 17.6 Å². The first-order chi connectivity index (χ1) is 7.84. The van der Waals surface area contributed by atoms with Crippen LogP contribution in [0.1, 0.15) is 12.2 Å². The molecule has 0 aliphatic carbocycles. The van der Waals surface area contributed by atoms with Gasteiger partial charge in [-0.2, -0.15) is 0 Å². The summed E-state index contributed by atoms with van der Waals surface area (Å²) in [7, 11) is 0. The standard InChI is InChI=1S/C13H16N2O/c1-10-14-12-4-2-3-5-13(12)15(10)8-11-6-7-16-9-11/h2-5,11H,6-9H2,1H3. The van der Waals surface area contributed by atoms with Gasteiger partial charge in [-0.05, 0) is 25.5 Å². The van der Waals surface area contributed by atoms with E-state index in [1.54, 1.807) is 0 Å². The van der Waals surface area contributed by atoms with Gasteiger partial charge in [-0.15, -0.1) is 0 Å². The van der Waals surface area contributed by atoms with Crippen molar-refractivity contribution >= 4 is 11.0 Å². The number of aryl methyl sites for hydroxylation is 1. The molecule has 1 unspecified atom stereocenters. The lowest BCUT2D eigenvalue weighted by Crippen LogP contribution is -2.11. The average Bonchev–Trinajstić information content (AvgIpc) is 2.89. The third-order valence-corrected chi connectivity index (χ3v) is 3.31. The summed E-state index contributed by atoms with van der Waals surface area (Å²) in [6.07, 6.45) is 1.17. The van der Waals surface area contributed by atoms with E-state index in [0.29, 0.717) is 5.92 Å². The highest BCUT2D eigenvalue weighted by atomic mass is 16.5. The van der Waals surface area contributed by atoms with E-state index in [1.165, 1.54) is 11.9 Å². The number of rotatable bonds is 2. The van der Waals surface area contributed by atoms with Crippen LogP contribution in [0.5, 0.6) is 0 Å². The Morgan fingerprint density at radius 2 is 2.31 bits per heavy atom. The zero-order chi connectivity index (χ0) is 11.0. The van der Waals surface area contributed by atoms with Crippen molar-refractivity contribution in [2.24, 2.45) is 5.92 Å². The molecule has 3 heteroatoms. The van der Waals surface area contributed by atoms with Gasteiger partial charge in [-0.1, -0.05) is 12.1 Å². The van der Waals surface area contributed by atoms with Crippen LogP contribution in [0.2, 0.25) is 0 Å². The number of ether oxygens (including phenoxy) is 1. The fraction of sp³-hybridized carbons (Fsp3) is 0.462. The fourth-order valence-corrected chi connectivity index (χ4v) is 2.41. The van der Waals surface area contributed by atoms with E-state index in [9.17, 15) is 0 Å². The van der Waals surface area contributed by atoms with Gasteiger partial charge in [0.1, 0.15) is 5.82 Å². The molecule has 1 aromatic carbocycles. The Balaban J connectivity index is 1.98. The Morgan fingerprint density at radius 1 is 1.44 bits per heavy atom. The number of imidazole rings is 1. The predicted octanol–water partition coefficient (Wildman–Crippen LogP) is 2.38. The lowest BCUT2D eigenvalue weighted by atomic mass is 10.1. The molecule has 0 N–H and O–H groups in total. The van der Waals surface area contributed by atoms with E-state index in [0.717, 1.165) is 31.1 Å². The highest BCUT2D eigenvalue weighted by molar-refractivity contribution is 5.75. The first-order valence-corrected chi connectivity index (χ1v) is 5.84. The molecule has 0 spiro atoms. The SMILES string of the molecule is Cc1nc2ccccc2n1CC1CCOC1. The molecule has 0 amide bonds. The molecule has 3 rings (SSSR count). The van der Waals surface area contributed by atoms with Crippen LogP contribution in [-0.4, -0.2) is 22.8 Å². The lowest BCUT2D eigenvalue weighted by Gasteiger charge is -2.11. The van der Waals surface area contributed by atoms with E-state index in [-0.39, 0.29) is 0 Å². The van der Waals surface area contributed by atoms with Crippen molar-refractivity contribution in [1.82, 2.24) is 9.55 Å². The topological polar surface area (TPSA) is 27.1 Å². The molecule has 1 fully saturated rings. The van der Waals surface area contributed by atoms with E-state index < -0.39 is 0 Å². The largest absolute Gasteiger partial charge is 0.381 e. The van der Waals surface area contributed by atoms with Gasteiger partial charge in [0.15, 0.2) is 0 Å². The summed E-state index contributed by atoms with van der Waals surface area (Å²) in [6.45, 7) is 4.92. The number of para-hydroxylation sites is 2. The number of aromatic nitrogens is 2. The highest BCUT2D eigenvalue weighted by Crippen LogP contribution is 2.20. The van der Waals surface area contributed by atoms with Crippen molar-refractivity contribution in [2.45, 2.75) is 19.9 Å². The van der Waals surface area contributed by atoms with Crippen LogP contribution in [0.25, 0.3) is 11.0 Å². The van der Waals surface area contributed by atoms with E-state index in [1.807, 2.05) is 6.07 Å². The van der Waals surface area contributed by atoms with Gasteiger partial charge < -0.3 is 9.30 Å². The summed E-state index contributed by atoms with van der Waals surface area (Å²) >= 11 is 0. The molecule has 1 atom stereocenters. The maximum absolute atomic E-state index is 5.42. The third kappa shape index (κ3) is 1.61. The second-order valence-corrected chi connectivity index (χ2v) is 4.49. The second kappa shape index (κ2) is 3.91. The van der Waals surface area contributed by atoms with Crippen LogP contribution >= 0.6 is 0 Å². The van der Waals surface area contributed by atoms with Crippen LogP contribution < -0.4 is 0 Å². The summed E-state index contributed by atoms with van der Waals surface area (Å²) in [5.41, 5.74) is 2.34. The number of hydrogen-bond acceptors (Lipinski definition) is 2. The molecular formula is C13H16N2O. The van der Waals surface area contributed by atoms with Gasteiger partial charge in [-0.25, -0.2) is 4.98 Å². The second-order valence-electron chi connectivity index (χ2n) is 4.49. The smallest absolute Gasteiger partial charge is 0.106 e. The van der Waals surface area contributed by atoms with Gasteiger partial charge in [0.2, 0.25) is 0 Å². The predicted molar refractivity (Wildman–Crippen MR) is 63.4 cm³/mol. The highest BCUT2D eigenvalue weighted by Gasteiger charge is 2.18. The van der Waals surface area contributed by atoms with Crippen LogP contribution in [0.4, 0.5) is 0 Å². The van der Waals surface area contributed by atoms with Crippen LogP contribution in [0, 0.1) is 12.8 Å². The zero-order valence-corrected chi connectivity index (χ0v) is 9.52. The van der Waals surface area contributed by atoms with E-state index in [2.05, 4.69) is 34.7 Å². The quantitative estimate of drug-likeness (QED) is 0.770. The Labute approximate surface area is 95.0 Å². The minimum Gasteiger partial charge on any atom is -0.381 e. The molecule has 16 heavy (non-hydrogen) atoms. The van der Waals surface area contributed by atoms with Crippen molar-refractivity contribution in [1.29, 1.82) is 0 Å². The maximum atomic E-state index is 5.42. The minimum atomic E-state index is 0.649. The molecule has 1 aliphatic heterocycles. The van der Waals surface area contributed by atoms with Crippen LogP contribution in [0.3, 0.4) is 0 Å². The fourth-order valence-electron chi connectivity index (χ4n) is 2.41. The molecule has 2 aromatic rings. The maximum Gasteiger partial charge on any atom is 0.106 e. The average molecular weight is 216 g/mol. The summed E-state index contributed by atoms with van der Waals surface area (Å²) in [4.78, 5) is 4.58. The van der Waals surface area contributed by atoms with E-state index in [4.69, 9.17) is 4.74 Å². The van der Waals surface area contributed by atoms with Gasteiger partial charge >= 0.3 is 0 Å². The molecular weight excluding hydrogens is 200 g/mol. The number of benzene rings is 1. The van der Waals surface area contributed by atoms with Crippen molar-refractivity contribution in [3.8, 4) is 0 Å². The Bertz CT molecular complexity index is 498. The first kappa shape index (κ1) is 9.85. The Hall–Kier alpha value is -1.35. The normalized spacial score (nSPS) is 20.7. The molecule has 1 saturated heterocycles. The van der Waals surface area contributed by atoms with Crippen molar-refractivity contribution in [3.05, 3.63) is 30.1 Å². The Morgan fingerprint density at radius 3 is 3.12 bits per heavy atom.